The number of aliphatic hydroxyl groups excluding tert-OH is 1. The minimum atomic E-state index is 0.242. The molecule has 12 heavy (non-hydrogen) atoms. The van der Waals surface area contributed by atoms with E-state index in [0.717, 1.165) is 19.5 Å². The number of rotatable bonds is 2. The molecule has 1 heterocycles. The molecule has 0 unspecified atom stereocenters. The van der Waals surface area contributed by atoms with E-state index in [4.69, 9.17) is 5.11 Å². The van der Waals surface area contributed by atoms with Crippen molar-refractivity contribution in [1.29, 1.82) is 0 Å². The van der Waals surface area contributed by atoms with Gasteiger partial charge in [0.25, 0.3) is 0 Å². The van der Waals surface area contributed by atoms with Gasteiger partial charge in [-0.1, -0.05) is 18.2 Å². The third-order valence-corrected chi connectivity index (χ3v) is 2.30. The largest absolute Gasteiger partial charge is 0.396 e. The lowest BCUT2D eigenvalue weighted by atomic mass is 10.0. The molecule has 0 fully saturated rings. The number of benzene rings is 1. The quantitative estimate of drug-likeness (QED) is 0.676. The van der Waals surface area contributed by atoms with Gasteiger partial charge in [0.05, 0.1) is 0 Å². The summed E-state index contributed by atoms with van der Waals surface area (Å²) in [5.74, 6) is 0. The van der Waals surface area contributed by atoms with Gasteiger partial charge < -0.3 is 10.4 Å². The number of aliphatic hydroxyl groups is 1. The van der Waals surface area contributed by atoms with E-state index < -0.39 is 0 Å². The summed E-state index contributed by atoms with van der Waals surface area (Å²) in [6.07, 6.45) is 0.771. The lowest BCUT2D eigenvalue weighted by molar-refractivity contribution is 0.299. The third kappa shape index (κ3) is 1.36. The van der Waals surface area contributed by atoms with Gasteiger partial charge in [0.1, 0.15) is 0 Å². The molecule has 0 saturated carbocycles. The molecule has 1 aromatic rings. The molecule has 0 atom stereocenters. The van der Waals surface area contributed by atoms with Crippen LogP contribution in [0.2, 0.25) is 0 Å². The zero-order chi connectivity index (χ0) is 8.39. The van der Waals surface area contributed by atoms with Crippen molar-refractivity contribution in [2.24, 2.45) is 0 Å². The van der Waals surface area contributed by atoms with Crippen molar-refractivity contribution in [3.05, 3.63) is 34.9 Å². The molecular formula is C10H13NO. The van der Waals surface area contributed by atoms with E-state index in [1.807, 2.05) is 0 Å². The predicted octanol–water partition coefficient (Wildman–Crippen LogP) is 0.825. The monoisotopic (exact) mass is 163 g/mol. The van der Waals surface area contributed by atoms with Crippen molar-refractivity contribution >= 4 is 0 Å². The molecule has 0 aliphatic carbocycles. The Bertz CT molecular complexity index is 283. The van der Waals surface area contributed by atoms with Crippen LogP contribution in [0.1, 0.15) is 16.7 Å². The van der Waals surface area contributed by atoms with Gasteiger partial charge in [-0.25, -0.2) is 0 Å². The van der Waals surface area contributed by atoms with Gasteiger partial charge in [0, 0.05) is 19.7 Å². The molecular weight excluding hydrogens is 150 g/mol. The number of hydrogen-bond donors (Lipinski definition) is 2. The molecule has 0 radical (unpaired) electrons. The first kappa shape index (κ1) is 7.77. The van der Waals surface area contributed by atoms with Gasteiger partial charge >= 0.3 is 0 Å². The van der Waals surface area contributed by atoms with Crippen LogP contribution >= 0.6 is 0 Å². The van der Waals surface area contributed by atoms with Crippen LogP contribution in [-0.4, -0.2) is 11.7 Å². The fourth-order valence-corrected chi connectivity index (χ4v) is 1.63. The van der Waals surface area contributed by atoms with Crippen LogP contribution in [0.5, 0.6) is 0 Å². The maximum Gasteiger partial charge on any atom is 0.0471 e. The van der Waals surface area contributed by atoms with E-state index in [1.54, 1.807) is 0 Å². The minimum Gasteiger partial charge on any atom is -0.396 e. The zero-order valence-corrected chi connectivity index (χ0v) is 7.01. The predicted molar refractivity (Wildman–Crippen MR) is 47.8 cm³/mol. The Hall–Kier alpha value is -0.860. The van der Waals surface area contributed by atoms with Gasteiger partial charge in [-0.2, -0.15) is 0 Å². The fourth-order valence-electron chi connectivity index (χ4n) is 1.63. The van der Waals surface area contributed by atoms with Gasteiger partial charge in [-0.15, -0.1) is 0 Å². The van der Waals surface area contributed by atoms with Crippen molar-refractivity contribution in [2.45, 2.75) is 19.5 Å². The summed E-state index contributed by atoms with van der Waals surface area (Å²) < 4.78 is 0. The second kappa shape index (κ2) is 3.25. The average molecular weight is 163 g/mol. The molecule has 0 amide bonds. The Morgan fingerprint density at radius 3 is 2.92 bits per heavy atom. The van der Waals surface area contributed by atoms with Crippen molar-refractivity contribution < 1.29 is 5.11 Å². The highest BCUT2D eigenvalue weighted by atomic mass is 16.2. The van der Waals surface area contributed by atoms with E-state index in [-0.39, 0.29) is 6.61 Å². The van der Waals surface area contributed by atoms with E-state index in [0.29, 0.717) is 0 Å². The lowest BCUT2D eigenvalue weighted by Gasteiger charge is -2.01. The van der Waals surface area contributed by atoms with E-state index in [2.05, 4.69) is 23.5 Å². The Morgan fingerprint density at radius 1 is 1.25 bits per heavy atom. The summed E-state index contributed by atoms with van der Waals surface area (Å²) in [6, 6.07) is 6.44. The van der Waals surface area contributed by atoms with Crippen molar-refractivity contribution in [1.82, 2.24) is 5.32 Å². The standard InChI is InChI=1S/C10H13NO/c12-4-3-8-1-2-9-6-11-7-10(9)5-8/h1-2,5,11-12H,3-4,6-7H2. The van der Waals surface area contributed by atoms with Crippen molar-refractivity contribution in [2.75, 3.05) is 6.61 Å². The van der Waals surface area contributed by atoms with Crippen LogP contribution < -0.4 is 5.32 Å². The molecule has 0 bridgehead atoms. The maximum atomic E-state index is 8.75. The smallest absolute Gasteiger partial charge is 0.0471 e. The Kier molecular flexibility index (Phi) is 2.11. The van der Waals surface area contributed by atoms with Crippen molar-refractivity contribution in [3.8, 4) is 0 Å². The summed E-state index contributed by atoms with van der Waals surface area (Å²) in [7, 11) is 0. The SMILES string of the molecule is OCCc1ccc2c(c1)CNC2. The Morgan fingerprint density at radius 2 is 2.08 bits per heavy atom. The first-order chi connectivity index (χ1) is 5.90. The summed E-state index contributed by atoms with van der Waals surface area (Å²) in [5, 5.41) is 12.0. The molecule has 2 heteroatoms. The first-order valence-electron chi connectivity index (χ1n) is 4.32. The number of hydrogen-bond acceptors (Lipinski definition) is 2. The highest BCUT2D eigenvalue weighted by Gasteiger charge is 2.09. The lowest BCUT2D eigenvalue weighted by Crippen LogP contribution is -1.99. The first-order valence-corrected chi connectivity index (χ1v) is 4.32. The van der Waals surface area contributed by atoms with Gasteiger partial charge in [0.15, 0.2) is 0 Å². The Balaban J connectivity index is 2.26. The van der Waals surface area contributed by atoms with Gasteiger partial charge in [0.2, 0.25) is 0 Å². The zero-order valence-electron chi connectivity index (χ0n) is 7.01. The second-order valence-corrected chi connectivity index (χ2v) is 3.18. The minimum absolute atomic E-state index is 0.242. The molecule has 64 valence electrons. The van der Waals surface area contributed by atoms with Gasteiger partial charge in [-0.3, -0.25) is 0 Å². The van der Waals surface area contributed by atoms with Crippen molar-refractivity contribution in [3.63, 3.8) is 0 Å². The van der Waals surface area contributed by atoms with Crippen LogP contribution in [0.3, 0.4) is 0 Å². The average Bonchev–Trinajstić information content (AvgIpc) is 2.51. The molecule has 0 spiro atoms. The van der Waals surface area contributed by atoms with Crippen LogP contribution in [-0.2, 0) is 19.5 Å². The molecule has 1 aliphatic rings. The molecule has 2 nitrogen and oxygen atoms in total. The normalized spacial score (nSPS) is 14.8. The van der Waals surface area contributed by atoms with E-state index >= 15 is 0 Å². The molecule has 0 saturated heterocycles. The van der Waals surface area contributed by atoms with Crippen LogP contribution in [0, 0.1) is 0 Å². The Labute approximate surface area is 72.2 Å². The fraction of sp³-hybridized carbons (Fsp3) is 0.400. The molecule has 2 rings (SSSR count). The molecule has 2 N–H and O–H groups in total. The number of fused-ring (bicyclic) bond motifs is 1. The summed E-state index contributed by atoms with van der Waals surface area (Å²) in [5.41, 5.74) is 4.03. The number of nitrogens with one attached hydrogen (secondary N) is 1. The topological polar surface area (TPSA) is 32.3 Å². The molecule has 0 aromatic heterocycles. The van der Waals surface area contributed by atoms with Gasteiger partial charge in [-0.05, 0) is 23.1 Å². The highest BCUT2D eigenvalue weighted by molar-refractivity contribution is 5.34. The third-order valence-electron chi connectivity index (χ3n) is 2.30. The second-order valence-electron chi connectivity index (χ2n) is 3.18. The molecule has 1 aromatic carbocycles. The summed E-state index contributed by atoms with van der Waals surface area (Å²) in [4.78, 5) is 0. The van der Waals surface area contributed by atoms with Crippen LogP contribution in [0.4, 0.5) is 0 Å². The van der Waals surface area contributed by atoms with Crippen LogP contribution in [0.15, 0.2) is 18.2 Å². The molecule has 1 aliphatic heterocycles. The summed E-state index contributed by atoms with van der Waals surface area (Å²) in [6.45, 7) is 2.22. The van der Waals surface area contributed by atoms with Crippen LogP contribution in [0.25, 0.3) is 0 Å². The van der Waals surface area contributed by atoms with E-state index in [1.165, 1.54) is 16.7 Å². The highest BCUT2D eigenvalue weighted by Crippen LogP contribution is 2.16. The maximum absolute atomic E-state index is 8.75. The summed E-state index contributed by atoms with van der Waals surface area (Å²) >= 11 is 0. The van der Waals surface area contributed by atoms with E-state index in [9.17, 15) is 0 Å².